The lowest BCUT2D eigenvalue weighted by Crippen LogP contribution is -2.36. The second kappa shape index (κ2) is 15.9. The van der Waals surface area contributed by atoms with Gasteiger partial charge in [0.05, 0.1) is 26.4 Å². The molecule has 7 heteroatoms. The first-order chi connectivity index (χ1) is 14.3. The van der Waals surface area contributed by atoms with Crippen molar-refractivity contribution in [2.75, 3.05) is 33.5 Å². The van der Waals surface area contributed by atoms with Crippen molar-refractivity contribution in [2.45, 2.75) is 33.5 Å². The third kappa shape index (κ3) is 9.77. The highest BCUT2D eigenvalue weighted by atomic mass is 127. The number of ether oxygens (including phenoxy) is 3. The fourth-order valence-electron chi connectivity index (χ4n) is 2.81. The van der Waals surface area contributed by atoms with Crippen LogP contribution in [0.2, 0.25) is 0 Å². The zero-order chi connectivity index (χ0) is 20.7. The van der Waals surface area contributed by atoms with Crippen LogP contribution >= 0.6 is 24.0 Å². The molecule has 2 rings (SSSR count). The number of halogens is 1. The average Bonchev–Trinajstić information content (AvgIpc) is 2.75. The van der Waals surface area contributed by atoms with E-state index in [-0.39, 0.29) is 24.0 Å². The zero-order valence-corrected chi connectivity index (χ0v) is 20.5. The Bertz CT molecular complexity index is 756. The molecule has 0 saturated carbocycles. The molecule has 0 unspecified atom stereocenters. The number of para-hydroxylation sites is 1. The molecule has 0 saturated heterocycles. The van der Waals surface area contributed by atoms with E-state index in [1.165, 1.54) is 5.56 Å². The Kier molecular flexibility index (Phi) is 13.9. The topological polar surface area (TPSA) is 64.1 Å². The van der Waals surface area contributed by atoms with Crippen molar-refractivity contribution < 1.29 is 14.2 Å². The monoisotopic (exact) mass is 527 g/mol. The number of benzene rings is 2. The van der Waals surface area contributed by atoms with Crippen LogP contribution in [0.15, 0.2) is 53.5 Å². The van der Waals surface area contributed by atoms with E-state index in [9.17, 15) is 0 Å². The lowest BCUT2D eigenvalue weighted by molar-refractivity contribution is 0.0453. The molecule has 0 aromatic heterocycles. The summed E-state index contributed by atoms with van der Waals surface area (Å²) in [6, 6.07) is 16.4. The first-order valence-corrected chi connectivity index (χ1v) is 10.1. The van der Waals surface area contributed by atoms with Gasteiger partial charge in [0.2, 0.25) is 0 Å². The zero-order valence-electron chi connectivity index (χ0n) is 18.1. The second-order valence-corrected chi connectivity index (χ2v) is 6.39. The van der Waals surface area contributed by atoms with E-state index in [4.69, 9.17) is 14.2 Å². The Morgan fingerprint density at radius 1 is 0.867 bits per heavy atom. The molecule has 2 aromatic rings. The SMILES string of the molecule is CCOCCOCc1cccc(CNC(=NC)NCc2ccccc2OCC)c1.I. The van der Waals surface area contributed by atoms with Gasteiger partial charge in [0.15, 0.2) is 5.96 Å². The van der Waals surface area contributed by atoms with E-state index >= 15 is 0 Å². The van der Waals surface area contributed by atoms with Gasteiger partial charge in [0.1, 0.15) is 5.75 Å². The molecule has 0 bridgehead atoms. The molecular weight excluding hydrogens is 493 g/mol. The van der Waals surface area contributed by atoms with Gasteiger partial charge in [0, 0.05) is 32.3 Å². The number of aliphatic imine (C=N–C) groups is 1. The summed E-state index contributed by atoms with van der Waals surface area (Å²) in [7, 11) is 1.77. The minimum absolute atomic E-state index is 0. The highest BCUT2D eigenvalue weighted by molar-refractivity contribution is 14.0. The fraction of sp³-hybridized carbons (Fsp3) is 0.435. The number of nitrogens with one attached hydrogen (secondary N) is 2. The average molecular weight is 527 g/mol. The van der Waals surface area contributed by atoms with Gasteiger partial charge in [-0.1, -0.05) is 42.5 Å². The Balaban J connectivity index is 0.00000450. The quantitative estimate of drug-likeness (QED) is 0.188. The standard InChI is InChI=1S/C23H33N3O3.HI/c1-4-27-13-14-28-18-20-10-8-9-19(15-20)16-25-23(24-3)26-17-21-11-6-7-12-22(21)29-5-2;/h6-12,15H,4-5,13-14,16-18H2,1-3H3,(H2,24,25,26);1H. The van der Waals surface area contributed by atoms with Gasteiger partial charge in [-0.2, -0.15) is 0 Å². The third-order valence-corrected chi connectivity index (χ3v) is 4.24. The van der Waals surface area contributed by atoms with E-state index in [2.05, 4.69) is 39.9 Å². The highest BCUT2D eigenvalue weighted by Crippen LogP contribution is 2.17. The summed E-state index contributed by atoms with van der Waals surface area (Å²) in [5, 5.41) is 6.70. The van der Waals surface area contributed by atoms with Crippen molar-refractivity contribution in [3.8, 4) is 5.75 Å². The van der Waals surface area contributed by atoms with Gasteiger partial charge in [-0.3, -0.25) is 4.99 Å². The molecule has 0 radical (unpaired) electrons. The second-order valence-electron chi connectivity index (χ2n) is 6.39. The van der Waals surface area contributed by atoms with E-state index in [1.54, 1.807) is 7.05 Å². The molecule has 0 heterocycles. The van der Waals surface area contributed by atoms with Crippen LogP contribution in [0.1, 0.15) is 30.5 Å². The summed E-state index contributed by atoms with van der Waals surface area (Å²) in [5.41, 5.74) is 3.42. The molecule has 0 spiro atoms. The van der Waals surface area contributed by atoms with Gasteiger partial charge in [-0.25, -0.2) is 0 Å². The molecule has 6 nitrogen and oxygen atoms in total. The molecule has 0 amide bonds. The van der Waals surface area contributed by atoms with Crippen molar-refractivity contribution in [3.63, 3.8) is 0 Å². The van der Waals surface area contributed by atoms with E-state index in [0.717, 1.165) is 29.4 Å². The predicted molar refractivity (Wildman–Crippen MR) is 133 cm³/mol. The molecule has 0 aliphatic carbocycles. The Morgan fingerprint density at radius 2 is 1.60 bits per heavy atom. The number of hydrogen-bond acceptors (Lipinski definition) is 4. The van der Waals surface area contributed by atoms with Crippen LogP contribution in [0.4, 0.5) is 0 Å². The number of hydrogen-bond donors (Lipinski definition) is 2. The maximum atomic E-state index is 5.68. The van der Waals surface area contributed by atoms with Crippen molar-refractivity contribution in [1.29, 1.82) is 0 Å². The van der Waals surface area contributed by atoms with Crippen molar-refractivity contribution >= 4 is 29.9 Å². The highest BCUT2D eigenvalue weighted by Gasteiger charge is 2.04. The van der Waals surface area contributed by atoms with Crippen LogP contribution < -0.4 is 15.4 Å². The number of nitrogens with zero attached hydrogens (tertiary/aromatic N) is 1. The van der Waals surface area contributed by atoms with Gasteiger partial charge in [-0.05, 0) is 31.0 Å². The lowest BCUT2D eigenvalue weighted by Gasteiger charge is -2.14. The first-order valence-electron chi connectivity index (χ1n) is 10.1. The van der Waals surface area contributed by atoms with E-state index < -0.39 is 0 Å². The first kappa shape index (κ1) is 26.2. The maximum Gasteiger partial charge on any atom is 0.191 e. The van der Waals surface area contributed by atoms with Crippen LogP contribution in [-0.4, -0.2) is 39.4 Å². The van der Waals surface area contributed by atoms with Crippen molar-refractivity contribution in [1.82, 2.24) is 10.6 Å². The largest absolute Gasteiger partial charge is 0.494 e. The summed E-state index contributed by atoms with van der Waals surface area (Å²) in [5.74, 6) is 1.64. The Hall–Kier alpha value is -1.84. The molecule has 2 N–H and O–H groups in total. The molecule has 166 valence electrons. The predicted octanol–water partition coefficient (Wildman–Crippen LogP) is 4.12. The Labute approximate surface area is 197 Å². The molecule has 0 aliphatic rings. The fourth-order valence-corrected chi connectivity index (χ4v) is 2.81. The van der Waals surface area contributed by atoms with E-state index in [0.29, 0.717) is 39.5 Å². The lowest BCUT2D eigenvalue weighted by atomic mass is 10.1. The van der Waals surface area contributed by atoms with Gasteiger partial charge in [0.25, 0.3) is 0 Å². The van der Waals surface area contributed by atoms with Crippen LogP contribution in [0.5, 0.6) is 5.75 Å². The van der Waals surface area contributed by atoms with Crippen LogP contribution in [-0.2, 0) is 29.2 Å². The molecule has 0 atom stereocenters. The molecule has 0 fully saturated rings. The van der Waals surface area contributed by atoms with Crippen LogP contribution in [0, 0.1) is 0 Å². The smallest absolute Gasteiger partial charge is 0.191 e. The van der Waals surface area contributed by atoms with Gasteiger partial charge >= 0.3 is 0 Å². The molecule has 30 heavy (non-hydrogen) atoms. The van der Waals surface area contributed by atoms with Gasteiger partial charge < -0.3 is 24.8 Å². The van der Waals surface area contributed by atoms with Gasteiger partial charge in [-0.15, -0.1) is 24.0 Å². The summed E-state index contributed by atoms with van der Waals surface area (Å²) < 4.78 is 16.6. The molecular formula is C23H34IN3O3. The molecule has 2 aromatic carbocycles. The maximum absolute atomic E-state index is 5.68. The van der Waals surface area contributed by atoms with E-state index in [1.807, 2.05) is 38.1 Å². The number of guanidine groups is 1. The minimum atomic E-state index is 0. The summed E-state index contributed by atoms with van der Waals surface area (Å²) >= 11 is 0. The van der Waals surface area contributed by atoms with Crippen LogP contribution in [0.3, 0.4) is 0 Å². The summed E-state index contributed by atoms with van der Waals surface area (Å²) in [6.07, 6.45) is 0. The molecule has 0 aliphatic heterocycles. The summed E-state index contributed by atoms with van der Waals surface area (Å²) in [4.78, 5) is 4.31. The normalized spacial score (nSPS) is 11.0. The minimum Gasteiger partial charge on any atom is -0.494 e. The summed E-state index contributed by atoms with van der Waals surface area (Å²) in [6.45, 7) is 8.49. The third-order valence-electron chi connectivity index (χ3n) is 4.24. The van der Waals surface area contributed by atoms with Crippen molar-refractivity contribution in [3.05, 3.63) is 65.2 Å². The van der Waals surface area contributed by atoms with Crippen molar-refractivity contribution in [2.24, 2.45) is 4.99 Å². The van der Waals surface area contributed by atoms with Crippen LogP contribution in [0.25, 0.3) is 0 Å². The number of rotatable bonds is 12. The Morgan fingerprint density at radius 3 is 2.37 bits per heavy atom.